The Kier molecular flexibility index (Phi) is 6.52. The number of carboxylic acid groups (broad SMARTS) is 1. The van der Waals surface area contributed by atoms with E-state index < -0.39 is 23.1 Å². The van der Waals surface area contributed by atoms with E-state index in [9.17, 15) is 18.0 Å². The SMILES string of the molecule is C=C1C(Cc2ncc(CCC(=O)O)o2)SCc2cc(Cl)ccc2N1C(=C)C(F)(F)F. The van der Waals surface area contributed by atoms with Gasteiger partial charge < -0.3 is 14.4 Å². The van der Waals surface area contributed by atoms with E-state index in [1.54, 1.807) is 6.07 Å². The monoisotopic (exact) mass is 458 g/mol. The number of carboxylic acids is 1. The Labute approximate surface area is 180 Å². The number of rotatable bonds is 6. The largest absolute Gasteiger partial charge is 0.481 e. The third-order valence-corrected chi connectivity index (χ3v) is 6.08. The van der Waals surface area contributed by atoms with Gasteiger partial charge in [-0.2, -0.15) is 13.2 Å². The predicted octanol–water partition coefficient (Wildman–Crippen LogP) is 5.60. The average molecular weight is 459 g/mol. The summed E-state index contributed by atoms with van der Waals surface area (Å²) in [6.07, 6.45) is -2.94. The zero-order chi connectivity index (χ0) is 22.1. The molecule has 1 aliphatic heterocycles. The van der Waals surface area contributed by atoms with Crippen LogP contribution >= 0.6 is 23.4 Å². The van der Waals surface area contributed by atoms with Crippen molar-refractivity contribution < 1.29 is 27.5 Å². The summed E-state index contributed by atoms with van der Waals surface area (Å²) in [5.74, 6) is 0.158. The van der Waals surface area contributed by atoms with E-state index in [4.69, 9.17) is 21.1 Å². The van der Waals surface area contributed by atoms with Crippen molar-refractivity contribution >= 4 is 35.0 Å². The van der Waals surface area contributed by atoms with Crippen LogP contribution in [0.25, 0.3) is 0 Å². The number of halogens is 4. The quantitative estimate of drug-likeness (QED) is 0.607. The molecule has 0 bridgehead atoms. The van der Waals surface area contributed by atoms with Gasteiger partial charge in [-0.1, -0.05) is 24.8 Å². The lowest BCUT2D eigenvalue weighted by atomic mass is 10.1. The number of nitrogens with zero attached hydrogens (tertiary/aromatic N) is 2. The summed E-state index contributed by atoms with van der Waals surface area (Å²) in [6, 6.07) is 4.68. The molecule has 0 amide bonds. The van der Waals surface area contributed by atoms with Gasteiger partial charge in [0.1, 0.15) is 11.5 Å². The van der Waals surface area contributed by atoms with Crippen molar-refractivity contribution in [1.29, 1.82) is 0 Å². The molecule has 3 rings (SSSR count). The number of thioether (sulfide) groups is 1. The standard InChI is InChI=1S/C20H18ClF3N2O3S/c1-11-17(8-18-25-9-15(29-18)4-6-19(27)28)30-10-13-7-14(21)3-5-16(13)26(11)12(2)20(22,23)24/h3,5,7,9,17H,1-2,4,6,8,10H2,(H,27,28). The molecule has 10 heteroatoms. The summed E-state index contributed by atoms with van der Waals surface area (Å²) in [5.41, 5.74) is 0.124. The summed E-state index contributed by atoms with van der Waals surface area (Å²) >= 11 is 7.44. The zero-order valence-electron chi connectivity index (χ0n) is 15.7. The number of aryl methyl sites for hydroxylation is 1. The van der Waals surface area contributed by atoms with Crippen LogP contribution in [0, 0.1) is 0 Å². The second-order valence-electron chi connectivity index (χ2n) is 6.66. The topological polar surface area (TPSA) is 66.6 Å². The molecule has 0 saturated heterocycles. The number of alkyl halides is 3. The highest BCUT2D eigenvalue weighted by Crippen LogP contribution is 2.43. The first-order valence-electron chi connectivity index (χ1n) is 8.86. The maximum Gasteiger partial charge on any atom is 0.431 e. The molecule has 1 aromatic carbocycles. The number of anilines is 1. The van der Waals surface area contributed by atoms with Crippen molar-refractivity contribution in [1.82, 2.24) is 4.98 Å². The van der Waals surface area contributed by atoms with Crippen LogP contribution in [-0.4, -0.2) is 27.5 Å². The van der Waals surface area contributed by atoms with E-state index >= 15 is 0 Å². The highest BCUT2D eigenvalue weighted by atomic mass is 35.5. The van der Waals surface area contributed by atoms with Gasteiger partial charge in [0.25, 0.3) is 0 Å². The fourth-order valence-electron chi connectivity index (χ4n) is 3.04. The third kappa shape index (κ3) is 5.02. The zero-order valence-corrected chi connectivity index (χ0v) is 17.3. The summed E-state index contributed by atoms with van der Waals surface area (Å²) < 4.78 is 46.2. The van der Waals surface area contributed by atoms with Crippen LogP contribution in [0.15, 0.2) is 53.4 Å². The van der Waals surface area contributed by atoms with Crippen molar-refractivity contribution in [3.05, 3.63) is 71.2 Å². The Morgan fingerprint density at radius 2 is 2.17 bits per heavy atom. The molecule has 1 aromatic heterocycles. The summed E-state index contributed by atoms with van der Waals surface area (Å²) in [5, 5.41) is 8.72. The van der Waals surface area contributed by atoms with Crippen molar-refractivity contribution in [2.45, 2.75) is 36.4 Å². The molecular weight excluding hydrogens is 441 g/mol. The van der Waals surface area contributed by atoms with E-state index in [0.717, 1.165) is 4.90 Å². The van der Waals surface area contributed by atoms with E-state index in [1.807, 2.05) is 0 Å². The first kappa shape index (κ1) is 22.3. The second-order valence-corrected chi connectivity index (χ2v) is 8.29. The molecule has 1 atom stereocenters. The number of fused-ring (bicyclic) bond motifs is 1. The summed E-state index contributed by atoms with van der Waals surface area (Å²) in [6.45, 7) is 7.17. The fourth-order valence-corrected chi connectivity index (χ4v) is 4.41. The van der Waals surface area contributed by atoms with Crippen LogP contribution in [0.5, 0.6) is 0 Å². The Balaban J connectivity index is 1.88. The minimum atomic E-state index is -4.65. The van der Waals surface area contributed by atoms with Crippen molar-refractivity contribution in [2.75, 3.05) is 4.90 Å². The van der Waals surface area contributed by atoms with Gasteiger partial charge in [0.2, 0.25) is 0 Å². The lowest BCUT2D eigenvalue weighted by molar-refractivity contribution is -0.137. The number of carbonyl (C=O) groups is 1. The van der Waals surface area contributed by atoms with Gasteiger partial charge in [0, 0.05) is 35.0 Å². The predicted molar refractivity (Wildman–Crippen MR) is 110 cm³/mol. The normalized spacial score (nSPS) is 16.9. The minimum absolute atomic E-state index is 0.102. The third-order valence-electron chi connectivity index (χ3n) is 4.53. The van der Waals surface area contributed by atoms with E-state index in [-0.39, 0.29) is 25.0 Å². The number of hydrogen-bond acceptors (Lipinski definition) is 5. The van der Waals surface area contributed by atoms with Crippen LogP contribution in [-0.2, 0) is 23.4 Å². The molecular formula is C20H18ClF3N2O3S. The van der Waals surface area contributed by atoms with Gasteiger partial charge in [-0.05, 0) is 23.8 Å². The number of oxazole rings is 1. The molecule has 2 heterocycles. The molecule has 1 aliphatic rings. The molecule has 0 saturated carbocycles. The van der Waals surface area contributed by atoms with Crippen LogP contribution in [0.4, 0.5) is 18.9 Å². The van der Waals surface area contributed by atoms with E-state index in [2.05, 4.69) is 18.1 Å². The molecule has 0 spiro atoms. The van der Waals surface area contributed by atoms with Gasteiger partial charge in [0.15, 0.2) is 5.89 Å². The lowest BCUT2D eigenvalue weighted by Gasteiger charge is -2.32. The van der Waals surface area contributed by atoms with Crippen LogP contribution in [0.1, 0.15) is 23.6 Å². The van der Waals surface area contributed by atoms with Crippen molar-refractivity contribution in [2.24, 2.45) is 0 Å². The molecule has 0 aliphatic carbocycles. The van der Waals surface area contributed by atoms with Gasteiger partial charge >= 0.3 is 12.1 Å². The Morgan fingerprint density at radius 3 is 2.83 bits per heavy atom. The Bertz CT molecular complexity index is 990. The number of benzene rings is 1. The summed E-state index contributed by atoms with van der Waals surface area (Å²) in [4.78, 5) is 15.9. The second kappa shape index (κ2) is 8.77. The maximum atomic E-state index is 13.5. The molecule has 30 heavy (non-hydrogen) atoms. The number of aliphatic carboxylic acids is 1. The van der Waals surface area contributed by atoms with Crippen molar-refractivity contribution in [3.8, 4) is 0 Å². The van der Waals surface area contributed by atoms with Gasteiger partial charge in [0.05, 0.1) is 17.9 Å². The average Bonchev–Trinajstić information content (AvgIpc) is 3.06. The molecule has 1 unspecified atom stereocenters. The minimum Gasteiger partial charge on any atom is -0.481 e. The molecule has 0 fully saturated rings. The highest BCUT2D eigenvalue weighted by molar-refractivity contribution is 7.99. The Hall–Kier alpha value is -2.39. The molecule has 160 valence electrons. The molecule has 2 aromatic rings. The van der Waals surface area contributed by atoms with Crippen LogP contribution < -0.4 is 4.90 Å². The van der Waals surface area contributed by atoms with E-state index in [1.165, 1.54) is 30.1 Å². The Morgan fingerprint density at radius 1 is 1.43 bits per heavy atom. The lowest BCUT2D eigenvalue weighted by Crippen LogP contribution is -2.34. The van der Waals surface area contributed by atoms with E-state index in [0.29, 0.717) is 33.7 Å². The molecule has 5 nitrogen and oxygen atoms in total. The highest BCUT2D eigenvalue weighted by Gasteiger charge is 2.40. The fraction of sp³-hybridized carbons (Fsp3) is 0.300. The molecule has 1 N–H and O–H groups in total. The van der Waals surface area contributed by atoms with Gasteiger partial charge in [-0.15, -0.1) is 11.8 Å². The first-order chi connectivity index (χ1) is 14.1. The van der Waals surface area contributed by atoms with Crippen LogP contribution in [0.3, 0.4) is 0 Å². The number of hydrogen-bond donors (Lipinski definition) is 1. The van der Waals surface area contributed by atoms with Gasteiger partial charge in [-0.3, -0.25) is 4.79 Å². The number of allylic oxidation sites excluding steroid dienone is 1. The maximum absolute atomic E-state index is 13.5. The first-order valence-corrected chi connectivity index (χ1v) is 10.3. The number of aromatic nitrogens is 1. The van der Waals surface area contributed by atoms with Crippen LogP contribution in [0.2, 0.25) is 5.02 Å². The smallest absolute Gasteiger partial charge is 0.431 e. The molecule has 0 radical (unpaired) electrons. The van der Waals surface area contributed by atoms with Crippen molar-refractivity contribution in [3.63, 3.8) is 0 Å². The summed E-state index contributed by atoms with van der Waals surface area (Å²) in [7, 11) is 0. The van der Waals surface area contributed by atoms with Gasteiger partial charge in [-0.25, -0.2) is 4.98 Å².